The number of nitrogens with one attached hydrogen (secondary N) is 2. The van der Waals surface area contributed by atoms with E-state index < -0.39 is 41.9 Å². The number of methoxy groups -OCH3 is 1. The van der Waals surface area contributed by atoms with Gasteiger partial charge in [-0.15, -0.1) is 0 Å². The second kappa shape index (κ2) is 11.9. The van der Waals surface area contributed by atoms with Crippen LogP contribution < -0.4 is 20.4 Å². The fourth-order valence-corrected chi connectivity index (χ4v) is 4.29. The molecule has 1 aromatic carbocycles. The van der Waals surface area contributed by atoms with E-state index in [-0.39, 0.29) is 62.2 Å². The number of carbonyl (C=O) groups excluding carboxylic acids is 4. The maximum absolute atomic E-state index is 15.1. The van der Waals surface area contributed by atoms with E-state index >= 15 is 8.78 Å². The average molecular weight is 548 g/mol. The molecular weight excluding hydrogens is 520 g/mol. The lowest BCUT2D eigenvalue weighted by atomic mass is 10.1. The summed E-state index contributed by atoms with van der Waals surface area (Å²) in [5, 5.41) is 4.98. The summed E-state index contributed by atoms with van der Waals surface area (Å²) >= 11 is 0. The third-order valence-electron chi connectivity index (χ3n) is 6.27. The monoisotopic (exact) mass is 547 g/mol. The van der Waals surface area contributed by atoms with Gasteiger partial charge < -0.3 is 29.9 Å². The summed E-state index contributed by atoms with van der Waals surface area (Å²) in [5.41, 5.74) is -0.223. The number of aromatic nitrogens is 2. The summed E-state index contributed by atoms with van der Waals surface area (Å²) in [7, 11) is 1.19. The molecule has 0 spiro atoms. The van der Waals surface area contributed by atoms with Crippen molar-refractivity contribution in [1.82, 2.24) is 25.5 Å². The highest BCUT2D eigenvalue weighted by Gasteiger charge is 2.34. The Kier molecular flexibility index (Phi) is 8.36. The van der Waals surface area contributed by atoms with Crippen LogP contribution in [0.1, 0.15) is 17.4 Å². The largest absolute Gasteiger partial charge is 0.453 e. The van der Waals surface area contributed by atoms with Gasteiger partial charge in [0.05, 0.1) is 32.1 Å². The molecule has 2 fully saturated rings. The molecular formula is C24H27F2N7O6. The van der Waals surface area contributed by atoms with Gasteiger partial charge in [-0.05, 0) is 6.92 Å². The molecule has 2 aliphatic rings. The van der Waals surface area contributed by atoms with Crippen LogP contribution in [-0.4, -0.2) is 97.4 Å². The summed E-state index contributed by atoms with van der Waals surface area (Å²) in [6.45, 7) is 2.15. The maximum Gasteiger partial charge on any atom is 0.414 e. The van der Waals surface area contributed by atoms with Crippen molar-refractivity contribution in [2.45, 2.75) is 19.1 Å². The van der Waals surface area contributed by atoms with E-state index in [9.17, 15) is 19.2 Å². The van der Waals surface area contributed by atoms with E-state index in [2.05, 4.69) is 25.3 Å². The highest BCUT2D eigenvalue weighted by Crippen LogP contribution is 2.31. The van der Waals surface area contributed by atoms with E-state index in [0.717, 1.165) is 17.0 Å². The van der Waals surface area contributed by atoms with Crippen molar-refractivity contribution >= 4 is 35.4 Å². The minimum atomic E-state index is -0.877. The van der Waals surface area contributed by atoms with E-state index in [4.69, 9.17) is 4.74 Å². The van der Waals surface area contributed by atoms with E-state index in [1.54, 1.807) is 6.92 Å². The molecule has 1 aromatic heterocycles. The standard InChI is InChI=1S/C24H27F2N7O6/c1-14(30-21(34)19-12-27-3-4-28-19)22(35)32-7-5-31(6-8-32)20-17(25)9-15(10-18(20)26)33-13-16(39-24(33)37)11-29-23(36)38-2/h3-4,9-10,12,14,16H,5-8,11,13H2,1-2H3,(H,29,36)(H,30,34)/t14-,16-/m0/s1. The van der Waals surface area contributed by atoms with Crippen molar-refractivity contribution in [3.8, 4) is 0 Å². The number of benzene rings is 1. The number of nitrogens with zero attached hydrogens (tertiary/aromatic N) is 5. The first-order chi connectivity index (χ1) is 18.7. The molecule has 2 atom stereocenters. The van der Waals surface area contributed by atoms with Crippen LogP contribution in [0.3, 0.4) is 0 Å². The summed E-state index contributed by atoms with van der Waals surface area (Å²) in [4.78, 5) is 60.3. The number of carbonyl (C=O) groups is 4. The molecule has 0 radical (unpaired) electrons. The van der Waals surface area contributed by atoms with Gasteiger partial charge in [0.15, 0.2) is 11.6 Å². The second-order valence-electron chi connectivity index (χ2n) is 8.85. The predicted octanol–water partition coefficient (Wildman–Crippen LogP) is 0.903. The molecule has 39 heavy (non-hydrogen) atoms. The Balaban J connectivity index is 1.34. The lowest BCUT2D eigenvalue weighted by molar-refractivity contribution is -0.133. The van der Waals surface area contributed by atoms with Crippen molar-refractivity contribution in [3.05, 3.63) is 48.1 Å². The fourth-order valence-electron chi connectivity index (χ4n) is 4.29. The van der Waals surface area contributed by atoms with Gasteiger partial charge in [-0.2, -0.15) is 0 Å². The van der Waals surface area contributed by atoms with E-state index in [1.807, 2.05) is 0 Å². The first-order valence-corrected chi connectivity index (χ1v) is 12.1. The summed E-state index contributed by atoms with van der Waals surface area (Å²) in [5.74, 6) is -2.64. The van der Waals surface area contributed by atoms with E-state index in [0.29, 0.717) is 0 Å². The van der Waals surface area contributed by atoms with Crippen LogP contribution in [0.25, 0.3) is 0 Å². The number of hydrogen-bond acceptors (Lipinski definition) is 9. The number of alkyl carbamates (subject to hydrolysis) is 1. The third-order valence-corrected chi connectivity index (χ3v) is 6.27. The zero-order valence-corrected chi connectivity index (χ0v) is 21.2. The van der Waals surface area contributed by atoms with Gasteiger partial charge in [-0.3, -0.25) is 19.5 Å². The van der Waals surface area contributed by atoms with Crippen molar-refractivity contribution in [2.75, 3.05) is 56.2 Å². The molecule has 2 aliphatic heterocycles. The molecule has 0 bridgehead atoms. The number of rotatable bonds is 7. The van der Waals surface area contributed by atoms with Gasteiger partial charge in [0.25, 0.3) is 5.91 Å². The average Bonchev–Trinajstić information content (AvgIpc) is 3.32. The van der Waals surface area contributed by atoms with Gasteiger partial charge in [-0.1, -0.05) is 0 Å². The van der Waals surface area contributed by atoms with Gasteiger partial charge in [-0.25, -0.2) is 23.4 Å². The Bertz CT molecular complexity index is 1220. The molecule has 2 saturated heterocycles. The predicted molar refractivity (Wildman–Crippen MR) is 132 cm³/mol. The van der Waals surface area contributed by atoms with Crippen molar-refractivity contribution in [2.24, 2.45) is 0 Å². The zero-order valence-electron chi connectivity index (χ0n) is 21.2. The number of hydrogen-bond donors (Lipinski definition) is 2. The van der Waals surface area contributed by atoms with Crippen molar-refractivity contribution in [1.29, 1.82) is 0 Å². The Morgan fingerprint density at radius 3 is 2.46 bits per heavy atom. The first kappa shape index (κ1) is 27.5. The molecule has 3 heterocycles. The summed E-state index contributed by atoms with van der Waals surface area (Å²) in [6.07, 6.45) is 1.85. The van der Waals surface area contributed by atoms with Crippen LogP contribution in [0.5, 0.6) is 0 Å². The normalized spacial score (nSPS) is 17.9. The van der Waals surface area contributed by atoms with Crippen molar-refractivity contribution < 1.29 is 37.4 Å². The Hall–Kier alpha value is -4.56. The van der Waals surface area contributed by atoms with Crippen LogP contribution in [0, 0.1) is 11.6 Å². The summed E-state index contributed by atoms with van der Waals surface area (Å²) in [6, 6.07) is 1.24. The lowest BCUT2D eigenvalue weighted by Crippen LogP contribution is -2.54. The number of cyclic esters (lactones) is 1. The van der Waals surface area contributed by atoms with Crippen LogP contribution in [0.2, 0.25) is 0 Å². The molecule has 0 aliphatic carbocycles. The van der Waals surface area contributed by atoms with Crippen LogP contribution in [0.15, 0.2) is 30.7 Å². The lowest BCUT2D eigenvalue weighted by Gasteiger charge is -2.37. The van der Waals surface area contributed by atoms with Crippen LogP contribution in [-0.2, 0) is 14.3 Å². The smallest absolute Gasteiger partial charge is 0.414 e. The van der Waals surface area contributed by atoms with Gasteiger partial charge >= 0.3 is 12.2 Å². The molecule has 13 nitrogen and oxygen atoms in total. The molecule has 4 rings (SSSR count). The highest BCUT2D eigenvalue weighted by molar-refractivity contribution is 5.95. The second-order valence-corrected chi connectivity index (χ2v) is 8.85. The van der Waals surface area contributed by atoms with E-state index in [1.165, 1.54) is 35.5 Å². The number of amides is 4. The number of piperazine rings is 1. The van der Waals surface area contributed by atoms with Crippen molar-refractivity contribution in [3.63, 3.8) is 0 Å². The zero-order chi connectivity index (χ0) is 28.1. The fraction of sp³-hybridized carbons (Fsp3) is 0.417. The number of ether oxygens (including phenoxy) is 2. The number of halogens is 2. The molecule has 208 valence electrons. The van der Waals surface area contributed by atoms with Gasteiger partial charge in [0, 0.05) is 50.7 Å². The minimum Gasteiger partial charge on any atom is -0.453 e. The Morgan fingerprint density at radius 1 is 1.15 bits per heavy atom. The highest BCUT2D eigenvalue weighted by atomic mass is 19.1. The Morgan fingerprint density at radius 2 is 1.85 bits per heavy atom. The first-order valence-electron chi connectivity index (χ1n) is 12.1. The topological polar surface area (TPSA) is 146 Å². The SMILES string of the molecule is COC(=O)NC[C@H]1CN(c2cc(F)c(N3CCN(C(=O)[C@H](C)NC(=O)c4cnccn4)CC3)c(F)c2)C(=O)O1. The molecule has 2 aromatic rings. The Labute approximate surface area is 222 Å². The van der Waals surface area contributed by atoms with Crippen LogP contribution in [0.4, 0.5) is 29.7 Å². The number of anilines is 2. The molecule has 2 N–H and O–H groups in total. The van der Waals surface area contributed by atoms with Gasteiger partial charge in [0.1, 0.15) is 23.5 Å². The van der Waals surface area contributed by atoms with Gasteiger partial charge in [0.2, 0.25) is 5.91 Å². The summed E-state index contributed by atoms with van der Waals surface area (Å²) < 4.78 is 39.8. The minimum absolute atomic E-state index is 0.0204. The molecule has 0 unspecified atom stereocenters. The molecule has 0 saturated carbocycles. The van der Waals surface area contributed by atoms with Crippen LogP contribution >= 0.6 is 0 Å². The molecule has 15 heteroatoms. The third kappa shape index (κ3) is 6.30. The molecule has 4 amide bonds. The maximum atomic E-state index is 15.1. The quantitative estimate of drug-likeness (QED) is 0.516.